The van der Waals surface area contributed by atoms with E-state index in [-0.39, 0.29) is 18.2 Å². The lowest BCUT2D eigenvalue weighted by Crippen LogP contribution is -2.38. The molecule has 0 amide bonds. The molecule has 10 heteroatoms. The molecule has 4 heterocycles. The quantitative estimate of drug-likeness (QED) is 0.636. The molecule has 162 valence electrons. The lowest BCUT2D eigenvalue weighted by Gasteiger charge is -2.35. The number of hydrogen-bond acceptors (Lipinski definition) is 6. The first-order chi connectivity index (χ1) is 14.9. The molecule has 7 nitrogen and oxygen atoms in total. The highest BCUT2D eigenvalue weighted by Gasteiger charge is 2.36. The fraction of sp³-hybridized carbons (Fsp3) is 0.381. The lowest BCUT2D eigenvalue weighted by atomic mass is 10.0. The third-order valence-electron chi connectivity index (χ3n) is 5.82. The normalized spacial score (nSPS) is 16.1. The monoisotopic (exact) mass is 430 g/mol. The summed E-state index contributed by atoms with van der Waals surface area (Å²) < 4.78 is 48.0. The first-order valence-corrected chi connectivity index (χ1v) is 10.0. The molecule has 0 spiro atoms. The standard InChI is InChI=1S/C21H21F3N6O/c1-31-20-26-17-12-28(18-5-3-2-4-16(18)21(22,23)24)7-6-15(17)19(27-20)29-8-9-30-13-25-10-14(30)11-29/h2-5,10,13H,6-9,11-12H2,1H3. The van der Waals surface area contributed by atoms with Gasteiger partial charge < -0.3 is 19.1 Å². The molecule has 0 fully saturated rings. The van der Waals surface area contributed by atoms with Crippen molar-refractivity contribution in [3.8, 4) is 6.01 Å². The number of imidazole rings is 1. The van der Waals surface area contributed by atoms with Crippen LogP contribution in [-0.2, 0) is 32.2 Å². The summed E-state index contributed by atoms with van der Waals surface area (Å²) in [5, 5.41) is 0. The third-order valence-corrected chi connectivity index (χ3v) is 5.82. The smallest absolute Gasteiger partial charge is 0.418 e. The molecule has 0 aliphatic carbocycles. The van der Waals surface area contributed by atoms with E-state index < -0.39 is 11.7 Å². The van der Waals surface area contributed by atoms with Gasteiger partial charge in [-0.15, -0.1) is 0 Å². The van der Waals surface area contributed by atoms with E-state index >= 15 is 0 Å². The number of halogens is 3. The van der Waals surface area contributed by atoms with E-state index in [1.807, 2.05) is 12.5 Å². The Morgan fingerprint density at radius 2 is 1.84 bits per heavy atom. The Hall–Kier alpha value is -3.30. The summed E-state index contributed by atoms with van der Waals surface area (Å²) in [6.45, 7) is 2.93. The maximum atomic E-state index is 13.5. The topological polar surface area (TPSA) is 59.3 Å². The number of hydrogen-bond donors (Lipinski definition) is 0. The maximum Gasteiger partial charge on any atom is 0.418 e. The first kappa shape index (κ1) is 19.7. The molecular formula is C21H21F3N6O. The molecule has 2 aromatic heterocycles. The third kappa shape index (κ3) is 3.55. The molecule has 3 aromatic rings. The second kappa shape index (κ2) is 7.44. The SMILES string of the molecule is COc1nc2c(c(N3CCn4cncc4C3)n1)CCN(c1ccccc1C(F)(F)F)C2. The molecule has 0 atom stereocenters. The number of methoxy groups -OCH3 is 1. The molecule has 0 N–H and O–H groups in total. The van der Waals surface area contributed by atoms with Gasteiger partial charge in [0.1, 0.15) is 5.82 Å². The van der Waals surface area contributed by atoms with Crippen molar-refractivity contribution >= 4 is 11.5 Å². The largest absolute Gasteiger partial charge is 0.467 e. The van der Waals surface area contributed by atoms with Crippen molar-refractivity contribution in [2.45, 2.75) is 32.2 Å². The van der Waals surface area contributed by atoms with Crippen molar-refractivity contribution in [3.63, 3.8) is 0 Å². The minimum absolute atomic E-state index is 0.168. The molecular weight excluding hydrogens is 409 g/mol. The van der Waals surface area contributed by atoms with Gasteiger partial charge in [-0.25, -0.2) is 4.98 Å². The summed E-state index contributed by atoms with van der Waals surface area (Å²) >= 11 is 0. The molecule has 31 heavy (non-hydrogen) atoms. The number of para-hydroxylation sites is 1. The van der Waals surface area contributed by atoms with E-state index in [0.29, 0.717) is 25.2 Å². The van der Waals surface area contributed by atoms with Crippen molar-refractivity contribution in [3.05, 3.63) is 59.3 Å². The van der Waals surface area contributed by atoms with Gasteiger partial charge >= 0.3 is 12.2 Å². The minimum Gasteiger partial charge on any atom is -0.467 e. The number of ether oxygens (including phenoxy) is 1. The van der Waals surface area contributed by atoms with Gasteiger partial charge in [0.05, 0.1) is 43.5 Å². The van der Waals surface area contributed by atoms with E-state index in [0.717, 1.165) is 36.2 Å². The number of alkyl halides is 3. The van der Waals surface area contributed by atoms with Crippen LogP contribution in [0.2, 0.25) is 0 Å². The van der Waals surface area contributed by atoms with E-state index in [4.69, 9.17) is 4.74 Å². The Morgan fingerprint density at radius 3 is 2.65 bits per heavy atom. The van der Waals surface area contributed by atoms with Crippen LogP contribution in [0.4, 0.5) is 24.7 Å². The summed E-state index contributed by atoms with van der Waals surface area (Å²) in [6.07, 6.45) is -0.204. The van der Waals surface area contributed by atoms with Crippen LogP contribution in [-0.4, -0.2) is 39.7 Å². The average molecular weight is 430 g/mol. The van der Waals surface area contributed by atoms with Crippen LogP contribution in [0.3, 0.4) is 0 Å². The van der Waals surface area contributed by atoms with Gasteiger partial charge in [-0.05, 0) is 18.6 Å². The number of fused-ring (bicyclic) bond motifs is 2. The van der Waals surface area contributed by atoms with E-state index in [1.54, 1.807) is 11.0 Å². The predicted octanol–water partition coefficient (Wildman–Crippen LogP) is 3.28. The van der Waals surface area contributed by atoms with Gasteiger partial charge in [0.25, 0.3) is 0 Å². The van der Waals surface area contributed by atoms with Crippen LogP contribution in [0.1, 0.15) is 22.5 Å². The predicted molar refractivity (Wildman–Crippen MR) is 108 cm³/mol. The van der Waals surface area contributed by atoms with Crippen molar-refractivity contribution in [1.82, 2.24) is 19.5 Å². The maximum absolute atomic E-state index is 13.5. The summed E-state index contributed by atoms with van der Waals surface area (Å²) in [6, 6.07) is 5.89. The molecule has 0 radical (unpaired) electrons. The highest BCUT2D eigenvalue weighted by atomic mass is 19.4. The number of aromatic nitrogens is 4. The molecule has 1 aromatic carbocycles. The molecule has 2 aliphatic heterocycles. The van der Waals surface area contributed by atoms with E-state index in [1.165, 1.54) is 19.2 Å². The fourth-order valence-electron chi connectivity index (χ4n) is 4.30. The molecule has 0 saturated heterocycles. The van der Waals surface area contributed by atoms with Gasteiger partial charge in [0, 0.05) is 37.1 Å². The molecule has 0 saturated carbocycles. The minimum atomic E-state index is -4.41. The highest BCUT2D eigenvalue weighted by molar-refractivity contribution is 5.59. The lowest BCUT2D eigenvalue weighted by molar-refractivity contribution is -0.137. The number of anilines is 2. The average Bonchev–Trinajstić information content (AvgIpc) is 3.25. The van der Waals surface area contributed by atoms with Gasteiger partial charge in [-0.1, -0.05) is 12.1 Å². The zero-order valence-electron chi connectivity index (χ0n) is 16.9. The first-order valence-electron chi connectivity index (χ1n) is 10.0. The Balaban J connectivity index is 1.50. The zero-order chi connectivity index (χ0) is 21.6. The Labute approximate surface area is 177 Å². The summed E-state index contributed by atoms with van der Waals surface area (Å²) in [5.74, 6) is 0.790. The molecule has 0 bridgehead atoms. The van der Waals surface area contributed by atoms with E-state index in [9.17, 15) is 13.2 Å². The fourth-order valence-corrected chi connectivity index (χ4v) is 4.30. The van der Waals surface area contributed by atoms with Crippen LogP contribution < -0.4 is 14.5 Å². The Morgan fingerprint density at radius 1 is 1.00 bits per heavy atom. The Kier molecular flexibility index (Phi) is 4.71. The second-order valence-corrected chi connectivity index (χ2v) is 7.65. The van der Waals surface area contributed by atoms with Crippen LogP contribution >= 0.6 is 0 Å². The van der Waals surface area contributed by atoms with Crippen molar-refractivity contribution in [2.75, 3.05) is 30.0 Å². The molecule has 2 aliphatic rings. The Bertz CT molecular complexity index is 1110. The van der Waals surface area contributed by atoms with Crippen molar-refractivity contribution in [2.24, 2.45) is 0 Å². The summed E-state index contributed by atoms with van der Waals surface area (Å²) in [4.78, 5) is 17.2. The van der Waals surface area contributed by atoms with Crippen LogP contribution in [0.15, 0.2) is 36.8 Å². The van der Waals surface area contributed by atoms with E-state index in [2.05, 4.69) is 24.4 Å². The molecule has 0 unspecified atom stereocenters. The summed E-state index contributed by atoms with van der Waals surface area (Å²) in [5.41, 5.74) is 2.29. The van der Waals surface area contributed by atoms with Gasteiger partial charge in [-0.3, -0.25) is 0 Å². The number of nitrogens with zero attached hydrogens (tertiary/aromatic N) is 6. The second-order valence-electron chi connectivity index (χ2n) is 7.65. The number of benzene rings is 1. The van der Waals surface area contributed by atoms with Gasteiger partial charge in [0.15, 0.2) is 0 Å². The van der Waals surface area contributed by atoms with Crippen LogP contribution in [0, 0.1) is 0 Å². The van der Waals surface area contributed by atoms with Crippen molar-refractivity contribution < 1.29 is 17.9 Å². The van der Waals surface area contributed by atoms with Crippen molar-refractivity contribution in [1.29, 1.82) is 0 Å². The molecule has 5 rings (SSSR count). The van der Waals surface area contributed by atoms with Gasteiger partial charge in [-0.2, -0.15) is 23.1 Å². The summed E-state index contributed by atoms with van der Waals surface area (Å²) in [7, 11) is 1.50. The van der Waals surface area contributed by atoms with Crippen LogP contribution in [0.25, 0.3) is 0 Å². The zero-order valence-corrected chi connectivity index (χ0v) is 16.9. The highest BCUT2D eigenvalue weighted by Crippen LogP contribution is 2.39. The van der Waals surface area contributed by atoms with Crippen LogP contribution in [0.5, 0.6) is 6.01 Å². The number of rotatable bonds is 3. The van der Waals surface area contributed by atoms with Gasteiger partial charge in [0.2, 0.25) is 0 Å².